The average molecular weight is 266 g/mol. The van der Waals surface area contributed by atoms with Crippen LogP contribution in [0.3, 0.4) is 0 Å². The van der Waals surface area contributed by atoms with E-state index in [0.29, 0.717) is 5.92 Å². The molecule has 0 aromatic carbocycles. The Labute approximate surface area is 115 Å². The minimum absolute atomic E-state index is 0.179. The van der Waals surface area contributed by atoms with Gasteiger partial charge >= 0.3 is 0 Å². The normalized spacial score (nSPS) is 20.4. The first-order chi connectivity index (χ1) is 9.27. The lowest BCUT2D eigenvalue weighted by Crippen LogP contribution is -2.40. The van der Waals surface area contributed by atoms with Crippen molar-refractivity contribution in [3.8, 4) is 0 Å². The summed E-state index contributed by atoms with van der Waals surface area (Å²) in [4.78, 5) is 0. The summed E-state index contributed by atoms with van der Waals surface area (Å²) in [7, 11) is 3.77. The number of nitrogens with one attached hydrogen (secondary N) is 1. The van der Waals surface area contributed by atoms with E-state index < -0.39 is 0 Å². The number of rotatable bonds is 6. The topological polar surface area (TPSA) is 52.0 Å². The van der Waals surface area contributed by atoms with Crippen molar-refractivity contribution in [2.75, 3.05) is 13.7 Å². The summed E-state index contributed by atoms with van der Waals surface area (Å²) in [5.41, 5.74) is 1.11. The Hall–Kier alpha value is -0.940. The third-order valence-corrected chi connectivity index (χ3v) is 4.21. The van der Waals surface area contributed by atoms with Crippen LogP contribution in [0.25, 0.3) is 0 Å². The van der Waals surface area contributed by atoms with Gasteiger partial charge in [-0.1, -0.05) is 31.4 Å². The van der Waals surface area contributed by atoms with Crippen LogP contribution in [0.5, 0.6) is 0 Å². The van der Waals surface area contributed by atoms with Crippen molar-refractivity contribution in [1.29, 1.82) is 0 Å². The van der Waals surface area contributed by atoms with E-state index in [1.54, 1.807) is 0 Å². The summed E-state index contributed by atoms with van der Waals surface area (Å²) >= 11 is 0. The molecule has 0 amide bonds. The van der Waals surface area contributed by atoms with E-state index in [-0.39, 0.29) is 12.1 Å². The van der Waals surface area contributed by atoms with Crippen molar-refractivity contribution in [2.45, 2.75) is 51.2 Å². The van der Waals surface area contributed by atoms with E-state index in [9.17, 15) is 0 Å². The van der Waals surface area contributed by atoms with Crippen molar-refractivity contribution < 1.29 is 4.74 Å². The van der Waals surface area contributed by atoms with Crippen LogP contribution in [0.1, 0.15) is 50.8 Å². The molecule has 1 N–H and O–H groups in total. The van der Waals surface area contributed by atoms with E-state index >= 15 is 0 Å². The van der Waals surface area contributed by atoms with Gasteiger partial charge in [0.2, 0.25) is 0 Å². The van der Waals surface area contributed by atoms with Crippen LogP contribution < -0.4 is 5.32 Å². The Morgan fingerprint density at radius 1 is 1.42 bits per heavy atom. The molecule has 5 nitrogen and oxygen atoms in total. The molecule has 0 aliphatic heterocycles. The van der Waals surface area contributed by atoms with Crippen molar-refractivity contribution in [2.24, 2.45) is 13.0 Å². The van der Waals surface area contributed by atoms with Gasteiger partial charge in [0.1, 0.15) is 0 Å². The van der Waals surface area contributed by atoms with Crippen LogP contribution in [0.4, 0.5) is 0 Å². The van der Waals surface area contributed by atoms with Crippen molar-refractivity contribution >= 4 is 0 Å². The van der Waals surface area contributed by atoms with Gasteiger partial charge in [-0.15, -0.1) is 5.10 Å². The summed E-state index contributed by atoms with van der Waals surface area (Å²) in [6, 6.07) is 0.179. The molecular weight excluding hydrogens is 240 g/mol. The number of ether oxygens (including phenoxy) is 1. The van der Waals surface area contributed by atoms with E-state index in [1.807, 2.05) is 25.0 Å². The van der Waals surface area contributed by atoms with E-state index in [1.165, 1.54) is 32.1 Å². The molecule has 0 bridgehead atoms. The number of likely N-dealkylation sites (N-methyl/N-ethyl adjacent to an activating group) is 1. The molecule has 19 heavy (non-hydrogen) atoms. The summed E-state index contributed by atoms with van der Waals surface area (Å²) in [5, 5.41) is 11.6. The Morgan fingerprint density at radius 2 is 2.16 bits per heavy atom. The van der Waals surface area contributed by atoms with Gasteiger partial charge in [0.05, 0.1) is 24.0 Å². The van der Waals surface area contributed by atoms with Gasteiger partial charge in [-0.05, 0) is 25.3 Å². The van der Waals surface area contributed by atoms with Gasteiger partial charge in [0, 0.05) is 14.2 Å². The van der Waals surface area contributed by atoms with Crippen molar-refractivity contribution in [3.63, 3.8) is 0 Å². The predicted octanol–water partition coefficient (Wildman–Crippen LogP) is 2.06. The molecular formula is C14H26N4O. The molecule has 0 saturated heterocycles. The summed E-state index contributed by atoms with van der Waals surface area (Å²) < 4.78 is 7.70. The van der Waals surface area contributed by atoms with E-state index in [4.69, 9.17) is 4.74 Å². The molecule has 1 heterocycles. The highest BCUT2D eigenvalue weighted by molar-refractivity contribution is 5.06. The monoisotopic (exact) mass is 266 g/mol. The van der Waals surface area contributed by atoms with Gasteiger partial charge in [-0.2, -0.15) is 0 Å². The van der Waals surface area contributed by atoms with Gasteiger partial charge < -0.3 is 10.1 Å². The van der Waals surface area contributed by atoms with E-state index in [0.717, 1.165) is 12.2 Å². The molecule has 1 aliphatic carbocycles. The maximum absolute atomic E-state index is 5.85. The smallest absolute Gasteiger partial charge is 0.0809 e. The second-order valence-corrected chi connectivity index (χ2v) is 5.42. The lowest BCUT2D eigenvalue weighted by Gasteiger charge is -2.35. The third-order valence-electron chi connectivity index (χ3n) is 4.21. The number of aromatic nitrogens is 3. The molecule has 1 aromatic heterocycles. The van der Waals surface area contributed by atoms with Gasteiger partial charge in [0.15, 0.2) is 0 Å². The average Bonchev–Trinajstić information content (AvgIpc) is 2.86. The highest BCUT2D eigenvalue weighted by Gasteiger charge is 2.32. The summed E-state index contributed by atoms with van der Waals surface area (Å²) in [6.45, 7) is 3.05. The maximum Gasteiger partial charge on any atom is 0.0809 e. The molecule has 1 saturated carbocycles. The minimum Gasteiger partial charge on any atom is -0.379 e. The highest BCUT2D eigenvalue weighted by atomic mass is 16.5. The van der Waals surface area contributed by atoms with Gasteiger partial charge in [0.25, 0.3) is 0 Å². The molecule has 1 fully saturated rings. The Balaban J connectivity index is 2.17. The summed E-state index contributed by atoms with van der Waals surface area (Å²) in [6.07, 6.45) is 8.61. The maximum atomic E-state index is 5.85. The fourth-order valence-electron chi connectivity index (χ4n) is 3.25. The zero-order valence-electron chi connectivity index (χ0n) is 12.3. The van der Waals surface area contributed by atoms with Crippen LogP contribution in [0.15, 0.2) is 6.20 Å². The first-order valence-electron chi connectivity index (χ1n) is 7.38. The van der Waals surface area contributed by atoms with Crippen LogP contribution in [0, 0.1) is 5.92 Å². The number of methoxy groups -OCH3 is 1. The summed E-state index contributed by atoms with van der Waals surface area (Å²) in [5.74, 6) is 0.637. The Kier molecular flexibility index (Phi) is 5.34. The highest BCUT2D eigenvalue weighted by Crippen LogP contribution is 2.33. The first-order valence-corrected chi connectivity index (χ1v) is 7.38. The minimum atomic E-state index is 0.179. The number of hydrogen-bond donors (Lipinski definition) is 1. The first kappa shape index (κ1) is 14.5. The third kappa shape index (κ3) is 3.34. The largest absolute Gasteiger partial charge is 0.379 e. The number of nitrogens with zero attached hydrogens (tertiary/aromatic N) is 3. The van der Waals surface area contributed by atoms with Gasteiger partial charge in [-0.25, -0.2) is 0 Å². The zero-order chi connectivity index (χ0) is 13.7. The van der Waals surface area contributed by atoms with Crippen LogP contribution in [-0.4, -0.2) is 34.8 Å². The molecule has 2 atom stereocenters. The fraction of sp³-hybridized carbons (Fsp3) is 0.857. The second-order valence-electron chi connectivity index (χ2n) is 5.42. The SMILES string of the molecule is CCNC(c1cnnn1C)C(OC)C1CCCCC1. The molecule has 0 radical (unpaired) electrons. The number of hydrogen-bond acceptors (Lipinski definition) is 4. The quantitative estimate of drug-likeness (QED) is 0.856. The fourth-order valence-corrected chi connectivity index (χ4v) is 3.25. The molecule has 2 rings (SSSR count). The Morgan fingerprint density at radius 3 is 2.68 bits per heavy atom. The lowest BCUT2D eigenvalue weighted by atomic mass is 9.82. The van der Waals surface area contributed by atoms with E-state index in [2.05, 4.69) is 22.6 Å². The molecule has 2 unspecified atom stereocenters. The standard InChI is InChI=1S/C14H26N4O/c1-4-15-13(12-10-16-17-18(12)2)14(19-3)11-8-6-5-7-9-11/h10-11,13-15H,4-9H2,1-3H3. The predicted molar refractivity (Wildman–Crippen MR) is 74.8 cm³/mol. The number of aryl methyl sites for hydroxylation is 1. The molecule has 108 valence electrons. The zero-order valence-corrected chi connectivity index (χ0v) is 12.3. The molecule has 1 aliphatic rings. The van der Waals surface area contributed by atoms with Gasteiger partial charge in [-0.3, -0.25) is 4.68 Å². The van der Waals surface area contributed by atoms with Crippen molar-refractivity contribution in [1.82, 2.24) is 20.3 Å². The lowest BCUT2D eigenvalue weighted by molar-refractivity contribution is 0.00598. The van der Waals surface area contributed by atoms with Crippen LogP contribution in [-0.2, 0) is 11.8 Å². The second kappa shape index (κ2) is 7.01. The molecule has 5 heteroatoms. The van der Waals surface area contributed by atoms with Crippen molar-refractivity contribution in [3.05, 3.63) is 11.9 Å². The van der Waals surface area contributed by atoms with Crippen LogP contribution in [0.2, 0.25) is 0 Å². The Bertz CT molecular complexity index is 373. The molecule has 1 aromatic rings. The van der Waals surface area contributed by atoms with Crippen LogP contribution >= 0.6 is 0 Å². The molecule has 0 spiro atoms.